The molecule has 0 unspecified atom stereocenters. The van der Waals surface area contributed by atoms with Crippen LogP contribution in [0.4, 0.5) is 0 Å². The topological polar surface area (TPSA) is 25.8 Å². The van der Waals surface area contributed by atoms with Crippen molar-refractivity contribution in [2.45, 2.75) is 46.5 Å². The minimum atomic E-state index is 0.738. The van der Waals surface area contributed by atoms with E-state index < -0.39 is 0 Å². The standard InChI is InChI=1S/C12H18N2/c1-4-9-10(5-2)14-12-7-8(3)6-11(12)13-9/h8H,4-7H2,1-3H3. The molecule has 76 valence electrons. The van der Waals surface area contributed by atoms with Crippen LogP contribution in [0.15, 0.2) is 0 Å². The van der Waals surface area contributed by atoms with Crippen molar-refractivity contribution in [1.82, 2.24) is 9.97 Å². The van der Waals surface area contributed by atoms with E-state index in [1.807, 2.05) is 0 Å². The van der Waals surface area contributed by atoms with Crippen molar-refractivity contribution in [3.8, 4) is 0 Å². The monoisotopic (exact) mass is 190 g/mol. The third kappa shape index (κ3) is 1.54. The Kier molecular flexibility index (Phi) is 2.53. The number of fused-ring (bicyclic) bond motifs is 1. The lowest BCUT2D eigenvalue weighted by atomic mass is 10.1. The first kappa shape index (κ1) is 9.63. The average Bonchev–Trinajstić information content (AvgIpc) is 2.54. The first-order valence-corrected chi connectivity index (χ1v) is 5.62. The first-order valence-electron chi connectivity index (χ1n) is 5.62. The molecule has 1 heterocycles. The maximum Gasteiger partial charge on any atom is 0.0625 e. The number of hydrogen-bond donors (Lipinski definition) is 0. The molecule has 0 spiro atoms. The van der Waals surface area contributed by atoms with Gasteiger partial charge in [-0.15, -0.1) is 0 Å². The third-order valence-corrected chi connectivity index (χ3v) is 2.96. The van der Waals surface area contributed by atoms with E-state index in [1.165, 1.54) is 22.8 Å². The highest BCUT2D eigenvalue weighted by Crippen LogP contribution is 2.24. The van der Waals surface area contributed by atoms with Crippen LogP contribution in [0.2, 0.25) is 0 Å². The van der Waals surface area contributed by atoms with Crippen LogP contribution in [0.3, 0.4) is 0 Å². The Morgan fingerprint density at radius 2 is 1.43 bits per heavy atom. The van der Waals surface area contributed by atoms with Gasteiger partial charge in [-0.3, -0.25) is 9.97 Å². The van der Waals surface area contributed by atoms with Gasteiger partial charge in [-0.25, -0.2) is 0 Å². The molecule has 2 nitrogen and oxygen atoms in total. The number of hydrogen-bond acceptors (Lipinski definition) is 2. The van der Waals surface area contributed by atoms with Crippen LogP contribution in [-0.2, 0) is 25.7 Å². The van der Waals surface area contributed by atoms with Crippen molar-refractivity contribution < 1.29 is 0 Å². The molecule has 14 heavy (non-hydrogen) atoms. The lowest BCUT2D eigenvalue weighted by Gasteiger charge is -2.06. The fraction of sp³-hybridized carbons (Fsp3) is 0.667. The summed E-state index contributed by atoms with van der Waals surface area (Å²) in [7, 11) is 0. The third-order valence-electron chi connectivity index (χ3n) is 2.96. The predicted octanol–water partition coefficient (Wildman–Crippen LogP) is 2.34. The molecule has 1 aromatic heterocycles. The van der Waals surface area contributed by atoms with Crippen LogP contribution in [-0.4, -0.2) is 9.97 Å². The summed E-state index contributed by atoms with van der Waals surface area (Å²) in [5, 5.41) is 0. The maximum atomic E-state index is 4.73. The van der Waals surface area contributed by atoms with E-state index in [0.29, 0.717) is 0 Å². The maximum absolute atomic E-state index is 4.73. The molecule has 1 aromatic rings. The Morgan fingerprint density at radius 1 is 1.00 bits per heavy atom. The number of nitrogens with zero attached hydrogens (tertiary/aromatic N) is 2. The molecule has 0 aliphatic heterocycles. The highest BCUT2D eigenvalue weighted by molar-refractivity contribution is 5.25. The van der Waals surface area contributed by atoms with Gasteiger partial charge in [0, 0.05) is 0 Å². The van der Waals surface area contributed by atoms with Crippen LogP contribution in [0.1, 0.15) is 43.5 Å². The smallest absolute Gasteiger partial charge is 0.0625 e. The Balaban J connectivity index is 2.43. The van der Waals surface area contributed by atoms with Gasteiger partial charge in [0.25, 0.3) is 0 Å². The summed E-state index contributed by atoms with van der Waals surface area (Å²) < 4.78 is 0. The normalized spacial score (nSPS) is 15.9. The van der Waals surface area contributed by atoms with Crippen LogP contribution in [0.25, 0.3) is 0 Å². The average molecular weight is 190 g/mol. The summed E-state index contributed by atoms with van der Waals surface area (Å²) in [6.45, 7) is 6.60. The van der Waals surface area contributed by atoms with E-state index in [2.05, 4.69) is 20.8 Å². The first-order chi connectivity index (χ1) is 6.74. The second-order valence-corrected chi connectivity index (χ2v) is 4.23. The number of aryl methyl sites for hydroxylation is 2. The summed E-state index contributed by atoms with van der Waals surface area (Å²) in [6, 6.07) is 0. The van der Waals surface area contributed by atoms with Crippen LogP contribution in [0, 0.1) is 5.92 Å². The lowest BCUT2D eigenvalue weighted by molar-refractivity contribution is 0.620. The Bertz CT molecular complexity index is 311. The van der Waals surface area contributed by atoms with Crippen molar-refractivity contribution >= 4 is 0 Å². The van der Waals surface area contributed by atoms with E-state index in [4.69, 9.17) is 9.97 Å². The zero-order valence-corrected chi connectivity index (χ0v) is 9.30. The number of rotatable bonds is 2. The highest BCUT2D eigenvalue weighted by Gasteiger charge is 2.21. The molecule has 1 aliphatic rings. The Labute approximate surface area is 85.8 Å². The summed E-state index contributed by atoms with van der Waals surface area (Å²) >= 11 is 0. The van der Waals surface area contributed by atoms with E-state index in [0.717, 1.165) is 31.6 Å². The summed E-state index contributed by atoms with van der Waals surface area (Å²) in [5.41, 5.74) is 4.93. The van der Waals surface area contributed by atoms with Gasteiger partial charge >= 0.3 is 0 Å². The molecule has 0 aromatic carbocycles. The quantitative estimate of drug-likeness (QED) is 0.715. The van der Waals surface area contributed by atoms with Gasteiger partial charge in [-0.2, -0.15) is 0 Å². The van der Waals surface area contributed by atoms with Crippen LogP contribution >= 0.6 is 0 Å². The van der Waals surface area contributed by atoms with E-state index in [9.17, 15) is 0 Å². The molecular weight excluding hydrogens is 172 g/mol. The second kappa shape index (κ2) is 3.68. The van der Waals surface area contributed by atoms with E-state index in [-0.39, 0.29) is 0 Å². The molecule has 0 saturated carbocycles. The largest absolute Gasteiger partial charge is 0.254 e. The minimum Gasteiger partial charge on any atom is -0.254 e. The molecule has 0 fully saturated rings. The molecule has 0 radical (unpaired) electrons. The van der Waals surface area contributed by atoms with Gasteiger partial charge in [-0.1, -0.05) is 20.8 Å². The second-order valence-electron chi connectivity index (χ2n) is 4.23. The molecule has 0 N–H and O–H groups in total. The van der Waals surface area contributed by atoms with Crippen molar-refractivity contribution in [2.75, 3.05) is 0 Å². The van der Waals surface area contributed by atoms with E-state index in [1.54, 1.807) is 0 Å². The Hall–Kier alpha value is -0.920. The molecule has 0 atom stereocenters. The summed E-state index contributed by atoms with van der Waals surface area (Å²) in [4.78, 5) is 9.46. The van der Waals surface area contributed by atoms with Crippen molar-refractivity contribution in [2.24, 2.45) is 5.92 Å². The van der Waals surface area contributed by atoms with Crippen LogP contribution in [0.5, 0.6) is 0 Å². The SMILES string of the molecule is CCc1nc2c(nc1CC)CC(C)C2. The highest BCUT2D eigenvalue weighted by atomic mass is 14.9. The van der Waals surface area contributed by atoms with Gasteiger partial charge < -0.3 is 0 Å². The van der Waals surface area contributed by atoms with Gasteiger partial charge in [0.2, 0.25) is 0 Å². The number of aromatic nitrogens is 2. The van der Waals surface area contributed by atoms with Gasteiger partial charge in [0.05, 0.1) is 22.8 Å². The van der Waals surface area contributed by atoms with Crippen LogP contribution < -0.4 is 0 Å². The van der Waals surface area contributed by atoms with Crippen molar-refractivity contribution in [1.29, 1.82) is 0 Å². The molecule has 2 heteroatoms. The molecular formula is C12H18N2. The minimum absolute atomic E-state index is 0.738. The zero-order chi connectivity index (χ0) is 10.1. The van der Waals surface area contributed by atoms with Crippen molar-refractivity contribution in [3.05, 3.63) is 22.8 Å². The molecule has 0 amide bonds. The molecule has 0 bridgehead atoms. The van der Waals surface area contributed by atoms with Gasteiger partial charge in [-0.05, 0) is 31.6 Å². The van der Waals surface area contributed by atoms with Crippen molar-refractivity contribution in [3.63, 3.8) is 0 Å². The van der Waals surface area contributed by atoms with E-state index >= 15 is 0 Å². The molecule has 2 rings (SSSR count). The summed E-state index contributed by atoms with van der Waals surface area (Å²) in [6.07, 6.45) is 4.27. The van der Waals surface area contributed by atoms with Gasteiger partial charge in [0.1, 0.15) is 0 Å². The summed E-state index contributed by atoms with van der Waals surface area (Å²) in [5.74, 6) is 0.738. The molecule has 0 saturated heterocycles. The fourth-order valence-electron chi connectivity index (χ4n) is 2.21. The zero-order valence-electron chi connectivity index (χ0n) is 9.30. The lowest BCUT2D eigenvalue weighted by Crippen LogP contribution is -2.04. The molecule has 1 aliphatic carbocycles. The fourth-order valence-corrected chi connectivity index (χ4v) is 2.21. The van der Waals surface area contributed by atoms with Gasteiger partial charge in [0.15, 0.2) is 0 Å². The predicted molar refractivity (Wildman–Crippen MR) is 57.4 cm³/mol. The Morgan fingerprint density at radius 3 is 1.79 bits per heavy atom.